The molecule has 2 amide bonds. The van der Waals surface area contributed by atoms with Crippen LogP contribution in [0.4, 0.5) is 10.2 Å². The monoisotopic (exact) mass is 537 g/mol. The van der Waals surface area contributed by atoms with E-state index in [1.807, 2.05) is 20.8 Å². The molecular formula is C29H38FN6O3+. The lowest BCUT2D eigenvalue weighted by atomic mass is 9.88. The quantitative estimate of drug-likeness (QED) is 0.242. The van der Waals surface area contributed by atoms with E-state index < -0.39 is 23.8 Å². The highest BCUT2D eigenvalue weighted by Gasteiger charge is 2.48. The average molecular weight is 538 g/mol. The standard InChI is InChI=1S/C29H37FN6O3/c1-5-22-21(14-19(39-4)15-32-22)20-10-11-24(34-27(20)30)35-29(38)26(25(17-6-7-17)18-8-9-18)36-28(37)23(12-13-31)33-16(2)3/h10-18,25-26H,5-9,31H2,1-4H3,(H,36,37)(H,34,35,38)/p+1/b13-12-,33-23?. The molecule has 2 aromatic rings. The first-order valence-electron chi connectivity index (χ1n) is 13.6. The summed E-state index contributed by atoms with van der Waals surface area (Å²) in [6.07, 6.45) is 9.08. The summed E-state index contributed by atoms with van der Waals surface area (Å²) in [5, 5.41) is 5.71. The number of halogens is 1. The highest BCUT2D eigenvalue weighted by Crippen LogP contribution is 2.50. The fourth-order valence-electron chi connectivity index (χ4n) is 5.05. The molecule has 2 aliphatic rings. The fourth-order valence-corrected chi connectivity index (χ4v) is 5.05. The second-order valence-corrected chi connectivity index (χ2v) is 10.5. The Morgan fingerprint density at radius 1 is 1.21 bits per heavy atom. The predicted molar refractivity (Wildman–Crippen MR) is 147 cm³/mol. The minimum Gasteiger partial charge on any atom is -0.495 e. The molecule has 0 radical (unpaired) electrons. The Morgan fingerprint density at radius 3 is 2.44 bits per heavy atom. The van der Waals surface area contributed by atoms with Gasteiger partial charge in [-0.1, -0.05) is 6.92 Å². The number of nitrogens with two attached hydrogens (primary N) is 1. The van der Waals surface area contributed by atoms with Gasteiger partial charge in [-0.25, -0.2) is 9.98 Å². The number of anilines is 1. The van der Waals surface area contributed by atoms with E-state index in [-0.39, 0.29) is 29.1 Å². The number of hydrogen-bond donors (Lipinski definition) is 4. The number of methoxy groups -OCH3 is 1. The zero-order chi connectivity index (χ0) is 28.1. The Kier molecular flexibility index (Phi) is 8.93. The van der Waals surface area contributed by atoms with Crippen LogP contribution < -0.4 is 26.1 Å². The molecule has 4 rings (SSSR count). The van der Waals surface area contributed by atoms with E-state index in [0.717, 1.165) is 25.7 Å². The lowest BCUT2D eigenvalue weighted by Gasteiger charge is -2.27. The number of nitrogens with zero attached hydrogens (tertiary/aromatic N) is 2. The lowest BCUT2D eigenvalue weighted by Crippen LogP contribution is -2.80. The molecule has 39 heavy (non-hydrogen) atoms. The van der Waals surface area contributed by atoms with Crippen LogP contribution in [0.15, 0.2) is 36.7 Å². The molecule has 2 aliphatic carbocycles. The molecular weight excluding hydrogens is 499 g/mol. The Balaban J connectivity index is 1.59. The fraction of sp³-hybridized carbons (Fsp3) is 0.483. The highest BCUT2D eigenvalue weighted by molar-refractivity contribution is 6.41. The van der Waals surface area contributed by atoms with Gasteiger partial charge in [0.25, 0.3) is 5.71 Å². The number of amides is 2. The summed E-state index contributed by atoms with van der Waals surface area (Å²) in [4.78, 5) is 38.3. The normalized spacial score (nSPS) is 16.5. The van der Waals surface area contributed by atoms with Gasteiger partial charge in [0.15, 0.2) is 0 Å². The Morgan fingerprint density at radius 2 is 1.90 bits per heavy atom. The summed E-state index contributed by atoms with van der Waals surface area (Å²) in [5.41, 5.74) is 7.40. The van der Waals surface area contributed by atoms with Gasteiger partial charge in [0.05, 0.1) is 13.3 Å². The van der Waals surface area contributed by atoms with Crippen molar-refractivity contribution in [2.45, 2.75) is 65.0 Å². The van der Waals surface area contributed by atoms with Gasteiger partial charge >= 0.3 is 5.91 Å². The average Bonchev–Trinajstić information content (AvgIpc) is 3.83. The zero-order valence-corrected chi connectivity index (χ0v) is 23.0. The second kappa shape index (κ2) is 12.4. The number of pyridine rings is 2. The topological polar surface area (TPSA) is 133 Å². The van der Waals surface area contributed by atoms with Crippen LogP contribution in [0.3, 0.4) is 0 Å². The van der Waals surface area contributed by atoms with Crippen molar-refractivity contribution in [2.24, 2.45) is 23.5 Å². The molecule has 2 fully saturated rings. The molecule has 2 aromatic heterocycles. The van der Waals surface area contributed by atoms with Gasteiger partial charge in [0.1, 0.15) is 23.7 Å². The summed E-state index contributed by atoms with van der Waals surface area (Å²) < 4.78 is 20.5. The molecule has 1 atom stereocenters. The third-order valence-corrected chi connectivity index (χ3v) is 7.14. The molecule has 2 heterocycles. The van der Waals surface area contributed by atoms with Crippen LogP contribution in [0.2, 0.25) is 0 Å². The van der Waals surface area contributed by atoms with E-state index in [1.165, 1.54) is 19.4 Å². The summed E-state index contributed by atoms with van der Waals surface area (Å²) in [7, 11) is 1.53. The third kappa shape index (κ3) is 6.99. The lowest BCUT2D eigenvalue weighted by molar-refractivity contribution is -0.491. The summed E-state index contributed by atoms with van der Waals surface area (Å²) in [5.74, 6) is -0.212. The number of carbonyl (C=O) groups is 2. The zero-order valence-electron chi connectivity index (χ0n) is 23.0. The van der Waals surface area contributed by atoms with Crippen molar-refractivity contribution in [3.05, 3.63) is 48.3 Å². The molecule has 5 N–H and O–H groups in total. The first-order chi connectivity index (χ1) is 18.7. The largest absolute Gasteiger partial charge is 0.495 e. The van der Waals surface area contributed by atoms with Crippen molar-refractivity contribution in [3.8, 4) is 16.9 Å². The smallest absolute Gasteiger partial charge is 0.316 e. The number of nitrogens with one attached hydrogen (secondary N) is 3. The van der Waals surface area contributed by atoms with Crippen LogP contribution in [0, 0.1) is 23.7 Å². The molecule has 1 unspecified atom stereocenters. The van der Waals surface area contributed by atoms with Gasteiger partial charge in [-0.05, 0) is 81.9 Å². The van der Waals surface area contributed by atoms with E-state index in [4.69, 9.17) is 10.5 Å². The molecule has 0 aromatic carbocycles. The minimum atomic E-state index is -0.786. The van der Waals surface area contributed by atoms with E-state index in [2.05, 4.69) is 25.6 Å². The SMILES string of the molecule is CCc1ncc(OC)cc1-c1ccc(NC(=O)C(NC(=O)C(/C=C\N)=[NH+]C(C)C)C(C2CC2)C2CC2)nc1F. The molecule has 0 bridgehead atoms. The van der Waals surface area contributed by atoms with Gasteiger partial charge in [0, 0.05) is 29.1 Å². The number of rotatable bonds is 12. The second-order valence-electron chi connectivity index (χ2n) is 10.5. The summed E-state index contributed by atoms with van der Waals surface area (Å²) >= 11 is 0. The molecule has 10 heteroatoms. The highest BCUT2D eigenvalue weighted by atomic mass is 19.1. The molecule has 9 nitrogen and oxygen atoms in total. The van der Waals surface area contributed by atoms with Crippen molar-refractivity contribution in [1.82, 2.24) is 15.3 Å². The van der Waals surface area contributed by atoms with E-state index in [9.17, 15) is 9.59 Å². The van der Waals surface area contributed by atoms with E-state index >= 15 is 4.39 Å². The Labute approximate surface area is 228 Å². The van der Waals surface area contributed by atoms with Crippen molar-refractivity contribution in [3.63, 3.8) is 0 Å². The van der Waals surface area contributed by atoms with Crippen molar-refractivity contribution in [2.75, 3.05) is 12.4 Å². The van der Waals surface area contributed by atoms with Gasteiger partial charge in [-0.2, -0.15) is 4.39 Å². The first-order valence-corrected chi connectivity index (χ1v) is 13.6. The van der Waals surface area contributed by atoms with Crippen LogP contribution in [0.1, 0.15) is 52.1 Å². The summed E-state index contributed by atoms with van der Waals surface area (Å²) in [6.45, 7) is 5.76. The molecule has 0 saturated heterocycles. The maximum Gasteiger partial charge on any atom is 0.316 e. The Bertz CT molecular complexity index is 1260. The Hall–Kier alpha value is -3.82. The van der Waals surface area contributed by atoms with Crippen molar-refractivity contribution in [1.29, 1.82) is 0 Å². The maximum absolute atomic E-state index is 15.3. The van der Waals surface area contributed by atoms with Gasteiger partial charge < -0.3 is 21.1 Å². The molecule has 0 aliphatic heterocycles. The number of aryl methyl sites for hydroxylation is 1. The van der Waals surface area contributed by atoms with Crippen LogP contribution in [0.5, 0.6) is 5.75 Å². The van der Waals surface area contributed by atoms with Crippen LogP contribution in [0.25, 0.3) is 11.1 Å². The van der Waals surface area contributed by atoms with Crippen LogP contribution in [-0.4, -0.2) is 46.7 Å². The van der Waals surface area contributed by atoms with Gasteiger partial charge in [0.2, 0.25) is 11.9 Å². The number of carbonyl (C=O) groups excluding carboxylic acids is 2. The van der Waals surface area contributed by atoms with Crippen LogP contribution >= 0.6 is 0 Å². The molecule has 208 valence electrons. The number of aromatic nitrogens is 2. The molecule has 0 spiro atoms. The summed E-state index contributed by atoms with van der Waals surface area (Å²) in [6, 6.07) is 4.07. The van der Waals surface area contributed by atoms with E-state index in [0.29, 0.717) is 35.3 Å². The first kappa shape index (κ1) is 28.2. The maximum atomic E-state index is 15.3. The van der Waals surface area contributed by atoms with Gasteiger partial charge in [-0.15, -0.1) is 0 Å². The number of hydrogen-bond acceptors (Lipinski definition) is 6. The van der Waals surface area contributed by atoms with E-state index in [1.54, 1.807) is 24.4 Å². The minimum absolute atomic E-state index is 0.00409. The third-order valence-electron chi connectivity index (χ3n) is 7.14. The van der Waals surface area contributed by atoms with Gasteiger partial charge in [-0.3, -0.25) is 14.6 Å². The molecule has 2 saturated carbocycles. The van der Waals surface area contributed by atoms with Crippen molar-refractivity contribution < 1.29 is 23.7 Å². The van der Waals surface area contributed by atoms with Crippen LogP contribution in [-0.2, 0) is 16.0 Å². The number of ether oxygens (including phenoxy) is 1. The predicted octanol–water partition coefficient (Wildman–Crippen LogP) is 2.12. The van der Waals surface area contributed by atoms with Crippen molar-refractivity contribution >= 4 is 23.3 Å².